The average molecular weight is 280 g/mol. The molecule has 114 valence electrons. The highest BCUT2D eigenvalue weighted by atomic mass is 19.4. The molecule has 0 aromatic heterocycles. The Bertz CT molecular complexity index is 252. The zero-order valence-electron chi connectivity index (χ0n) is 12.3. The number of nitrogens with one attached hydrogen (secondary N) is 1. The standard InChI is InChI=1S/C14H27F3N2/c1-4-5-13(6-8-18-9-7-13)10-19(12(2)3)11-14(15,16)17/h12,18H,4-11H2,1-3H3. The van der Waals surface area contributed by atoms with Gasteiger partial charge in [0.1, 0.15) is 0 Å². The van der Waals surface area contributed by atoms with Crippen LogP contribution in [0.25, 0.3) is 0 Å². The molecule has 19 heavy (non-hydrogen) atoms. The minimum atomic E-state index is -4.11. The van der Waals surface area contributed by atoms with E-state index in [1.54, 1.807) is 4.90 Å². The summed E-state index contributed by atoms with van der Waals surface area (Å²) in [6, 6.07) is -0.0646. The number of nitrogens with zero attached hydrogens (tertiary/aromatic N) is 1. The second-order valence-corrected chi connectivity index (χ2v) is 6.11. The van der Waals surface area contributed by atoms with E-state index >= 15 is 0 Å². The van der Waals surface area contributed by atoms with Crippen molar-refractivity contribution in [1.82, 2.24) is 10.2 Å². The van der Waals surface area contributed by atoms with Crippen molar-refractivity contribution >= 4 is 0 Å². The summed E-state index contributed by atoms with van der Waals surface area (Å²) in [5, 5.41) is 3.31. The maximum atomic E-state index is 12.7. The van der Waals surface area contributed by atoms with Crippen LogP contribution in [0.4, 0.5) is 13.2 Å². The lowest BCUT2D eigenvalue weighted by atomic mass is 9.74. The molecule has 1 rings (SSSR count). The van der Waals surface area contributed by atoms with E-state index in [2.05, 4.69) is 12.2 Å². The van der Waals surface area contributed by atoms with Crippen molar-refractivity contribution < 1.29 is 13.2 Å². The van der Waals surface area contributed by atoms with Gasteiger partial charge >= 0.3 is 6.18 Å². The molecule has 0 aromatic carbocycles. The summed E-state index contributed by atoms with van der Waals surface area (Å²) >= 11 is 0. The van der Waals surface area contributed by atoms with Crippen LogP contribution in [0.2, 0.25) is 0 Å². The predicted molar refractivity (Wildman–Crippen MR) is 72.2 cm³/mol. The Kier molecular flexibility index (Phi) is 6.12. The van der Waals surface area contributed by atoms with Gasteiger partial charge in [0.25, 0.3) is 0 Å². The summed E-state index contributed by atoms with van der Waals surface area (Å²) in [7, 11) is 0. The van der Waals surface area contributed by atoms with Crippen LogP contribution in [0.3, 0.4) is 0 Å². The summed E-state index contributed by atoms with van der Waals surface area (Å²) < 4.78 is 38.0. The number of halogens is 3. The molecule has 0 bridgehead atoms. The smallest absolute Gasteiger partial charge is 0.317 e. The molecule has 5 heteroatoms. The molecule has 0 spiro atoms. The van der Waals surface area contributed by atoms with E-state index in [9.17, 15) is 13.2 Å². The summed E-state index contributed by atoms with van der Waals surface area (Å²) in [4.78, 5) is 1.60. The zero-order valence-corrected chi connectivity index (χ0v) is 12.3. The molecule has 1 fully saturated rings. The first-order chi connectivity index (χ1) is 8.78. The number of alkyl halides is 3. The third-order valence-corrected chi connectivity index (χ3v) is 4.10. The van der Waals surface area contributed by atoms with Gasteiger partial charge in [0.15, 0.2) is 0 Å². The van der Waals surface area contributed by atoms with Crippen LogP contribution in [0.5, 0.6) is 0 Å². The summed E-state index contributed by atoms with van der Waals surface area (Å²) in [5.74, 6) is 0. The van der Waals surface area contributed by atoms with Crippen molar-refractivity contribution in [2.24, 2.45) is 5.41 Å². The minimum Gasteiger partial charge on any atom is -0.317 e. The minimum absolute atomic E-state index is 0.0646. The third-order valence-electron chi connectivity index (χ3n) is 4.10. The molecule has 0 aromatic rings. The van der Waals surface area contributed by atoms with Gasteiger partial charge in [-0.25, -0.2) is 0 Å². The molecule has 0 aliphatic carbocycles. The quantitative estimate of drug-likeness (QED) is 0.802. The van der Waals surface area contributed by atoms with Crippen molar-refractivity contribution in [1.29, 1.82) is 0 Å². The fraction of sp³-hybridized carbons (Fsp3) is 1.00. The molecule has 1 heterocycles. The Hall–Kier alpha value is -0.290. The Labute approximate surface area is 114 Å². The maximum Gasteiger partial charge on any atom is 0.401 e. The lowest BCUT2D eigenvalue weighted by Crippen LogP contribution is -2.49. The fourth-order valence-electron chi connectivity index (χ4n) is 3.06. The highest BCUT2D eigenvalue weighted by Gasteiger charge is 2.38. The number of hydrogen-bond acceptors (Lipinski definition) is 2. The third kappa shape index (κ3) is 5.69. The lowest BCUT2D eigenvalue weighted by molar-refractivity contribution is -0.154. The van der Waals surface area contributed by atoms with E-state index in [1.807, 2.05) is 13.8 Å². The second kappa shape index (κ2) is 6.93. The first-order valence-electron chi connectivity index (χ1n) is 7.29. The van der Waals surface area contributed by atoms with Gasteiger partial charge in [-0.15, -0.1) is 0 Å². The Morgan fingerprint density at radius 2 is 1.79 bits per heavy atom. The van der Waals surface area contributed by atoms with Crippen molar-refractivity contribution in [3.05, 3.63) is 0 Å². The Morgan fingerprint density at radius 3 is 2.21 bits per heavy atom. The topological polar surface area (TPSA) is 15.3 Å². The fourth-order valence-corrected chi connectivity index (χ4v) is 3.06. The second-order valence-electron chi connectivity index (χ2n) is 6.11. The van der Waals surface area contributed by atoms with Crippen LogP contribution in [0, 0.1) is 5.41 Å². The predicted octanol–water partition coefficient (Wildman–Crippen LogP) is 3.43. The van der Waals surface area contributed by atoms with Gasteiger partial charge in [-0.3, -0.25) is 4.90 Å². The zero-order chi connectivity index (χ0) is 14.5. The van der Waals surface area contributed by atoms with Crippen molar-refractivity contribution in [2.75, 3.05) is 26.2 Å². The van der Waals surface area contributed by atoms with Gasteiger partial charge in [-0.05, 0) is 51.6 Å². The first kappa shape index (κ1) is 16.8. The van der Waals surface area contributed by atoms with Gasteiger partial charge in [-0.2, -0.15) is 13.2 Å². The Balaban J connectivity index is 2.72. The monoisotopic (exact) mass is 280 g/mol. The molecule has 0 amide bonds. The van der Waals surface area contributed by atoms with E-state index in [0.29, 0.717) is 6.54 Å². The molecular weight excluding hydrogens is 253 g/mol. The highest BCUT2D eigenvalue weighted by molar-refractivity contribution is 4.88. The van der Waals surface area contributed by atoms with Crippen LogP contribution >= 0.6 is 0 Å². The van der Waals surface area contributed by atoms with E-state index in [0.717, 1.165) is 38.8 Å². The van der Waals surface area contributed by atoms with Gasteiger partial charge in [0.05, 0.1) is 6.54 Å². The van der Waals surface area contributed by atoms with Crippen LogP contribution in [0.15, 0.2) is 0 Å². The average Bonchev–Trinajstić information content (AvgIpc) is 2.27. The molecule has 0 atom stereocenters. The number of hydrogen-bond donors (Lipinski definition) is 1. The first-order valence-corrected chi connectivity index (χ1v) is 7.29. The van der Waals surface area contributed by atoms with E-state index in [4.69, 9.17) is 0 Å². The molecule has 1 N–H and O–H groups in total. The lowest BCUT2D eigenvalue weighted by Gasteiger charge is -2.43. The van der Waals surface area contributed by atoms with E-state index in [-0.39, 0.29) is 11.5 Å². The van der Waals surface area contributed by atoms with Crippen molar-refractivity contribution in [3.63, 3.8) is 0 Å². The number of piperidine rings is 1. The van der Waals surface area contributed by atoms with Crippen LogP contribution in [-0.4, -0.2) is 43.3 Å². The normalized spacial score (nSPS) is 20.2. The van der Waals surface area contributed by atoms with E-state index < -0.39 is 12.7 Å². The van der Waals surface area contributed by atoms with Crippen LogP contribution in [0.1, 0.15) is 46.5 Å². The molecule has 1 aliphatic rings. The van der Waals surface area contributed by atoms with Gasteiger partial charge < -0.3 is 5.32 Å². The molecule has 1 saturated heterocycles. The van der Waals surface area contributed by atoms with Gasteiger partial charge in [0, 0.05) is 12.6 Å². The van der Waals surface area contributed by atoms with Gasteiger partial charge in [0.2, 0.25) is 0 Å². The molecule has 0 radical (unpaired) electrons. The summed E-state index contributed by atoms with van der Waals surface area (Å²) in [6.07, 6.45) is -0.0673. The molecule has 0 unspecified atom stereocenters. The largest absolute Gasteiger partial charge is 0.401 e. The summed E-state index contributed by atoms with van der Waals surface area (Å²) in [5.41, 5.74) is 0.0650. The molecule has 2 nitrogen and oxygen atoms in total. The SMILES string of the molecule is CCCC1(CN(CC(F)(F)F)C(C)C)CCNCC1. The van der Waals surface area contributed by atoms with E-state index in [1.165, 1.54) is 0 Å². The van der Waals surface area contributed by atoms with Gasteiger partial charge in [-0.1, -0.05) is 13.3 Å². The number of rotatable bonds is 6. The molecular formula is C14H27F3N2. The highest BCUT2D eigenvalue weighted by Crippen LogP contribution is 2.36. The van der Waals surface area contributed by atoms with Crippen LogP contribution in [-0.2, 0) is 0 Å². The molecule has 1 aliphatic heterocycles. The molecule has 0 saturated carbocycles. The summed E-state index contributed by atoms with van der Waals surface area (Å²) in [6.45, 7) is 7.46. The van der Waals surface area contributed by atoms with Crippen molar-refractivity contribution in [2.45, 2.75) is 58.7 Å². The maximum absolute atomic E-state index is 12.7. The van der Waals surface area contributed by atoms with Crippen LogP contribution < -0.4 is 5.32 Å². The Morgan fingerprint density at radius 1 is 1.21 bits per heavy atom. The van der Waals surface area contributed by atoms with Crippen molar-refractivity contribution in [3.8, 4) is 0 Å².